The topological polar surface area (TPSA) is 79.4 Å². The molecule has 3 aromatic rings. The van der Waals surface area contributed by atoms with Crippen LogP contribution in [0.5, 0.6) is 11.5 Å². The molecule has 2 heterocycles. The van der Waals surface area contributed by atoms with Crippen molar-refractivity contribution in [3.05, 3.63) is 72.0 Å². The first-order valence-corrected chi connectivity index (χ1v) is 16.0. The van der Waals surface area contributed by atoms with Gasteiger partial charge in [-0.15, -0.1) is 0 Å². The van der Waals surface area contributed by atoms with Crippen LogP contribution in [-0.4, -0.2) is 76.1 Å². The van der Waals surface area contributed by atoms with Gasteiger partial charge >= 0.3 is 12.8 Å². The lowest BCUT2D eigenvalue weighted by atomic mass is 10.0. The van der Waals surface area contributed by atoms with Crippen LogP contribution in [0.3, 0.4) is 0 Å². The lowest BCUT2D eigenvalue weighted by Gasteiger charge is -2.40. The number of hydrogen-bond donors (Lipinski definition) is 0. The van der Waals surface area contributed by atoms with Crippen molar-refractivity contribution in [2.24, 2.45) is 5.92 Å². The minimum atomic E-state index is -4.79. The molecule has 1 atom stereocenters. The Bertz CT molecular complexity index is 1730. The third-order valence-corrected chi connectivity index (χ3v) is 9.92. The number of alkyl halides is 5. The largest absolute Gasteiger partial charge is 0.485 e. The minimum Gasteiger partial charge on any atom is -0.485 e. The Labute approximate surface area is 261 Å². The van der Waals surface area contributed by atoms with Crippen molar-refractivity contribution in [2.45, 2.75) is 36.6 Å². The third-order valence-electron chi connectivity index (χ3n) is 8.14. The minimum absolute atomic E-state index is 0.0217. The highest BCUT2D eigenvalue weighted by Gasteiger charge is 2.39. The summed E-state index contributed by atoms with van der Waals surface area (Å²) in [5, 5.41) is 0. The van der Waals surface area contributed by atoms with E-state index in [4.69, 9.17) is 4.74 Å². The lowest BCUT2D eigenvalue weighted by molar-refractivity contribution is -0.137. The molecule has 1 aliphatic carbocycles. The summed E-state index contributed by atoms with van der Waals surface area (Å²) in [5.74, 6) is -0.984. The quantitative estimate of drug-likeness (QED) is 0.290. The van der Waals surface area contributed by atoms with Gasteiger partial charge in [-0.1, -0.05) is 12.1 Å². The Morgan fingerprint density at radius 2 is 1.70 bits per heavy atom. The molecule has 15 heteroatoms. The Morgan fingerprint density at radius 3 is 2.37 bits per heavy atom. The SMILES string of the molecule is O=C(C1CC1)N1CCN(C[C@H]2CN(S(=O)(=O)c3cccc(C(F)(F)F)c3)c3cc(-c4cc(F)cc(OC(F)F)c4)ccc3O2)CC1. The number of fused-ring (bicyclic) bond motifs is 1. The Balaban J connectivity index is 1.32. The Morgan fingerprint density at radius 1 is 0.957 bits per heavy atom. The van der Waals surface area contributed by atoms with E-state index >= 15 is 0 Å². The molecule has 6 rings (SSSR count). The van der Waals surface area contributed by atoms with E-state index in [1.165, 1.54) is 18.2 Å². The number of sulfonamides is 1. The number of carbonyl (C=O) groups is 1. The zero-order valence-corrected chi connectivity index (χ0v) is 25.0. The van der Waals surface area contributed by atoms with Gasteiger partial charge in [0, 0.05) is 44.7 Å². The Kier molecular flexibility index (Phi) is 8.57. The zero-order valence-electron chi connectivity index (χ0n) is 24.2. The lowest BCUT2D eigenvalue weighted by Crippen LogP contribution is -2.54. The van der Waals surface area contributed by atoms with Crippen LogP contribution in [-0.2, 0) is 21.0 Å². The van der Waals surface area contributed by atoms with E-state index < -0.39 is 50.9 Å². The molecule has 1 saturated carbocycles. The molecule has 246 valence electrons. The van der Waals surface area contributed by atoms with Crippen molar-refractivity contribution in [2.75, 3.05) is 43.6 Å². The standard InChI is InChI=1S/C31H29F6N3O5S/c32-23-12-21(13-24(16-23)45-30(33)34)20-6-7-28-27(14-20)40(46(42,43)26-3-1-2-22(15-26)31(35,36)37)18-25(44-28)17-38-8-10-39(11-9-38)29(41)19-4-5-19/h1-3,6-7,12-16,19,25,30H,4-5,8-11,17-18H2/t25-/m0/s1. The van der Waals surface area contributed by atoms with E-state index in [-0.39, 0.29) is 47.5 Å². The average Bonchev–Trinajstić information content (AvgIpc) is 3.85. The first-order chi connectivity index (χ1) is 21.8. The van der Waals surface area contributed by atoms with Crippen LogP contribution < -0.4 is 13.8 Å². The smallest absolute Gasteiger partial charge is 0.416 e. The first-order valence-electron chi connectivity index (χ1n) is 14.6. The number of benzene rings is 3. The van der Waals surface area contributed by atoms with Crippen LogP contribution in [0.15, 0.2) is 65.6 Å². The molecule has 8 nitrogen and oxygen atoms in total. The summed E-state index contributed by atoms with van der Waals surface area (Å²) in [5.41, 5.74) is -0.848. The molecule has 46 heavy (non-hydrogen) atoms. The van der Waals surface area contributed by atoms with Crippen molar-refractivity contribution in [1.82, 2.24) is 9.80 Å². The van der Waals surface area contributed by atoms with Gasteiger partial charge in [-0.05, 0) is 66.4 Å². The number of rotatable bonds is 8. The third kappa shape index (κ3) is 6.89. The number of halogens is 6. The summed E-state index contributed by atoms with van der Waals surface area (Å²) in [6, 6.07) is 10.6. The van der Waals surface area contributed by atoms with E-state index in [9.17, 15) is 39.6 Å². The number of piperazine rings is 1. The maximum Gasteiger partial charge on any atom is 0.416 e. The van der Waals surface area contributed by atoms with Crippen molar-refractivity contribution in [1.29, 1.82) is 0 Å². The summed E-state index contributed by atoms with van der Waals surface area (Å²) in [6.45, 7) is -1.10. The number of nitrogens with zero attached hydrogens (tertiary/aromatic N) is 3. The van der Waals surface area contributed by atoms with Crippen molar-refractivity contribution in [3.63, 3.8) is 0 Å². The molecule has 2 aliphatic heterocycles. The van der Waals surface area contributed by atoms with Gasteiger partial charge in [0.2, 0.25) is 5.91 Å². The molecule has 3 aliphatic rings. The molecule has 3 aromatic carbocycles. The molecule has 0 bridgehead atoms. The van der Waals surface area contributed by atoms with E-state index in [0.29, 0.717) is 32.2 Å². The maximum atomic E-state index is 14.3. The van der Waals surface area contributed by atoms with E-state index in [1.807, 2.05) is 9.80 Å². The van der Waals surface area contributed by atoms with Gasteiger partial charge in [0.1, 0.15) is 23.4 Å². The van der Waals surface area contributed by atoms with Gasteiger partial charge < -0.3 is 14.4 Å². The summed E-state index contributed by atoms with van der Waals surface area (Å²) >= 11 is 0. The van der Waals surface area contributed by atoms with Crippen molar-refractivity contribution in [3.8, 4) is 22.6 Å². The van der Waals surface area contributed by atoms with Crippen LogP contribution in [0.25, 0.3) is 11.1 Å². The average molecular weight is 670 g/mol. The first kappa shape index (κ1) is 32.0. The molecule has 2 fully saturated rings. The number of ether oxygens (including phenoxy) is 2. The molecule has 0 unspecified atom stereocenters. The predicted molar refractivity (Wildman–Crippen MR) is 155 cm³/mol. The summed E-state index contributed by atoms with van der Waals surface area (Å²) in [7, 11) is -4.60. The molecule has 0 aromatic heterocycles. The van der Waals surface area contributed by atoms with Crippen LogP contribution in [0.4, 0.5) is 32.0 Å². The van der Waals surface area contributed by atoms with E-state index in [0.717, 1.165) is 53.5 Å². The molecule has 1 saturated heterocycles. The molecule has 0 radical (unpaired) electrons. The van der Waals surface area contributed by atoms with E-state index in [1.54, 1.807) is 0 Å². The highest BCUT2D eigenvalue weighted by Crippen LogP contribution is 2.41. The predicted octanol–water partition coefficient (Wildman–Crippen LogP) is 5.62. The van der Waals surface area contributed by atoms with Crippen LogP contribution in [0, 0.1) is 11.7 Å². The molecule has 0 spiro atoms. The second-order valence-corrected chi connectivity index (χ2v) is 13.3. The van der Waals surface area contributed by atoms with Gasteiger partial charge in [-0.2, -0.15) is 22.0 Å². The summed E-state index contributed by atoms with van der Waals surface area (Å²) < 4.78 is 120. The van der Waals surface area contributed by atoms with Gasteiger partial charge in [-0.25, -0.2) is 12.8 Å². The van der Waals surface area contributed by atoms with Crippen LogP contribution in [0.2, 0.25) is 0 Å². The second kappa shape index (κ2) is 12.3. The maximum absolute atomic E-state index is 14.3. The number of amides is 1. The molecular formula is C31H29F6N3O5S. The highest BCUT2D eigenvalue weighted by atomic mass is 32.2. The fraction of sp³-hybridized carbons (Fsp3) is 0.387. The monoisotopic (exact) mass is 669 g/mol. The second-order valence-electron chi connectivity index (χ2n) is 11.4. The Hall–Kier alpha value is -3.98. The van der Waals surface area contributed by atoms with Gasteiger partial charge in [0.15, 0.2) is 0 Å². The zero-order chi connectivity index (χ0) is 32.8. The normalized spacial score (nSPS) is 19.2. The fourth-order valence-electron chi connectivity index (χ4n) is 5.70. The summed E-state index contributed by atoms with van der Waals surface area (Å²) in [6.07, 6.45) is -3.72. The summed E-state index contributed by atoms with van der Waals surface area (Å²) in [4.78, 5) is 15.7. The van der Waals surface area contributed by atoms with Crippen LogP contribution in [0.1, 0.15) is 18.4 Å². The fourth-order valence-corrected chi connectivity index (χ4v) is 7.25. The number of carbonyl (C=O) groups excluding carboxylic acids is 1. The van der Waals surface area contributed by atoms with Gasteiger partial charge in [0.25, 0.3) is 10.0 Å². The van der Waals surface area contributed by atoms with Crippen LogP contribution >= 0.6 is 0 Å². The van der Waals surface area contributed by atoms with Gasteiger partial charge in [0.05, 0.1) is 22.7 Å². The number of anilines is 1. The molecule has 1 amide bonds. The van der Waals surface area contributed by atoms with Gasteiger partial charge in [-0.3, -0.25) is 14.0 Å². The van der Waals surface area contributed by atoms with E-state index in [2.05, 4.69) is 4.74 Å². The number of hydrogen-bond acceptors (Lipinski definition) is 6. The molecule has 0 N–H and O–H groups in total. The van der Waals surface area contributed by atoms with Crippen molar-refractivity contribution >= 4 is 21.6 Å². The molecular weight excluding hydrogens is 640 g/mol. The highest BCUT2D eigenvalue weighted by molar-refractivity contribution is 7.92. The van der Waals surface area contributed by atoms with Crippen molar-refractivity contribution < 1.29 is 49.0 Å².